The maximum Gasteiger partial charge on any atom is 0.224 e. The lowest BCUT2D eigenvalue weighted by Gasteiger charge is -2.10. The molecule has 1 amide bonds. The van der Waals surface area contributed by atoms with E-state index in [-0.39, 0.29) is 5.91 Å². The number of nitrogens with two attached hydrogens (primary N) is 1. The Kier molecular flexibility index (Phi) is 5.10. The van der Waals surface area contributed by atoms with Crippen LogP contribution in [0.2, 0.25) is 0 Å². The Balaban J connectivity index is 2.50. The number of nitrogens with zero attached hydrogens (tertiary/aromatic N) is 1. The minimum atomic E-state index is 0.0269. The minimum Gasteiger partial charge on any atom is -0.330 e. The number of carbonyl (C=O) groups excluding carboxylic acids is 1. The SMILES string of the molecule is Cc1ccc(NC(=O)CCC(C)CN)c(C)n1. The minimum absolute atomic E-state index is 0.0269. The molecule has 17 heavy (non-hydrogen) atoms. The first-order chi connectivity index (χ1) is 8.02. The molecule has 0 aliphatic rings. The third kappa shape index (κ3) is 4.53. The van der Waals surface area contributed by atoms with Gasteiger partial charge in [0, 0.05) is 12.1 Å². The van der Waals surface area contributed by atoms with Crippen molar-refractivity contribution in [2.24, 2.45) is 11.7 Å². The molecule has 0 bridgehead atoms. The van der Waals surface area contributed by atoms with Crippen molar-refractivity contribution in [1.29, 1.82) is 0 Å². The molecular weight excluding hydrogens is 214 g/mol. The van der Waals surface area contributed by atoms with Crippen molar-refractivity contribution in [3.63, 3.8) is 0 Å². The highest BCUT2D eigenvalue weighted by atomic mass is 16.1. The second kappa shape index (κ2) is 6.35. The Hall–Kier alpha value is -1.42. The molecule has 0 saturated carbocycles. The van der Waals surface area contributed by atoms with E-state index in [4.69, 9.17) is 5.73 Å². The van der Waals surface area contributed by atoms with Gasteiger partial charge in [-0.3, -0.25) is 9.78 Å². The molecule has 0 spiro atoms. The molecule has 0 aliphatic heterocycles. The number of aryl methyl sites for hydroxylation is 2. The van der Waals surface area contributed by atoms with E-state index in [0.717, 1.165) is 23.5 Å². The van der Waals surface area contributed by atoms with Gasteiger partial charge in [-0.1, -0.05) is 6.92 Å². The van der Waals surface area contributed by atoms with E-state index in [1.807, 2.05) is 32.9 Å². The van der Waals surface area contributed by atoms with Crippen molar-refractivity contribution >= 4 is 11.6 Å². The quantitative estimate of drug-likeness (QED) is 0.820. The summed E-state index contributed by atoms with van der Waals surface area (Å²) in [6.45, 7) is 6.50. The van der Waals surface area contributed by atoms with E-state index in [1.165, 1.54) is 0 Å². The van der Waals surface area contributed by atoms with Crippen molar-refractivity contribution in [1.82, 2.24) is 4.98 Å². The highest BCUT2D eigenvalue weighted by molar-refractivity contribution is 5.91. The third-order valence-corrected chi connectivity index (χ3v) is 2.77. The molecule has 4 heteroatoms. The zero-order valence-electron chi connectivity index (χ0n) is 10.8. The van der Waals surface area contributed by atoms with Gasteiger partial charge in [0.15, 0.2) is 0 Å². The first-order valence-electron chi connectivity index (χ1n) is 5.97. The van der Waals surface area contributed by atoms with E-state index in [0.29, 0.717) is 18.9 Å². The van der Waals surface area contributed by atoms with Crippen molar-refractivity contribution in [3.8, 4) is 0 Å². The van der Waals surface area contributed by atoms with Gasteiger partial charge < -0.3 is 11.1 Å². The Morgan fingerprint density at radius 3 is 2.76 bits per heavy atom. The summed E-state index contributed by atoms with van der Waals surface area (Å²) in [5, 5.41) is 2.87. The normalized spacial score (nSPS) is 12.2. The highest BCUT2D eigenvalue weighted by Gasteiger charge is 2.07. The fourth-order valence-corrected chi connectivity index (χ4v) is 1.53. The standard InChI is InChI=1S/C13H21N3O/c1-9(8-14)4-7-13(17)16-12-6-5-10(2)15-11(12)3/h5-6,9H,4,7-8,14H2,1-3H3,(H,16,17). The average molecular weight is 235 g/mol. The largest absolute Gasteiger partial charge is 0.330 e. The lowest BCUT2D eigenvalue weighted by Crippen LogP contribution is -2.17. The van der Waals surface area contributed by atoms with Crippen LogP contribution in [0.5, 0.6) is 0 Å². The van der Waals surface area contributed by atoms with Crippen LogP contribution >= 0.6 is 0 Å². The zero-order chi connectivity index (χ0) is 12.8. The first kappa shape index (κ1) is 13.6. The van der Waals surface area contributed by atoms with E-state index in [1.54, 1.807) is 0 Å². The maximum absolute atomic E-state index is 11.7. The second-order valence-electron chi connectivity index (χ2n) is 4.51. The molecule has 3 N–H and O–H groups in total. The molecule has 0 fully saturated rings. The smallest absolute Gasteiger partial charge is 0.224 e. The fourth-order valence-electron chi connectivity index (χ4n) is 1.53. The molecule has 1 unspecified atom stereocenters. The average Bonchev–Trinajstić information content (AvgIpc) is 2.29. The van der Waals surface area contributed by atoms with Gasteiger partial charge in [-0.05, 0) is 44.9 Å². The van der Waals surface area contributed by atoms with Crippen LogP contribution < -0.4 is 11.1 Å². The van der Waals surface area contributed by atoms with Crippen LogP contribution in [-0.2, 0) is 4.79 Å². The van der Waals surface area contributed by atoms with E-state index in [2.05, 4.69) is 10.3 Å². The van der Waals surface area contributed by atoms with Crippen LogP contribution in [0.4, 0.5) is 5.69 Å². The van der Waals surface area contributed by atoms with Crippen LogP contribution in [0.25, 0.3) is 0 Å². The van der Waals surface area contributed by atoms with Crippen LogP contribution in [0, 0.1) is 19.8 Å². The monoisotopic (exact) mass is 235 g/mol. The Labute approximate surface area is 103 Å². The summed E-state index contributed by atoms with van der Waals surface area (Å²) < 4.78 is 0. The summed E-state index contributed by atoms with van der Waals surface area (Å²) in [5.41, 5.74) is 8.11. The first-order valence-corrected chi connectivity index (χ1v) is 5.97. The van der Waals surface area contributed by atoms with Gasteiger partial charge in [-0.2, -0.15) is 0 Å². The number of amides is 1. The molecule has 0 radical (unpaired) electrons. The van der Waals surface area contributed by atoms with Gasteiger partial charge in [-0.25, -0.2) is 0 Å². The molecule has 0 aromatic carbocycles. The molecule has 1 aromatic rings. The number of pyridine rings is 1. The molecule has 4 nitrogen and oxygen atoms in total. The van der Waals surface area contributed by atoms with Crippen LogP contribution in [0.1, 0.15) is 31.2 Å². The van der Waals surface area contributed by atoms with Crippen molar-refractivity contribution in [3.05, 3.63) is 23.5 Å². The van der Waals surface area contributed by atoms with E-state index in [9.17, 15) is 4.79 Å². The molecule has 1 rings (SSSR count). The molecule has 1 atom stereocenters. The fraction of sp³-hybridized carbons (Fsp3) is 0.538. The predicted molar refractivity (Wildman–Crippen MR) is 69.8 cm³/mol. The molecule has 1 aromatic heterocycles. The number of nitrogens with one attached hydrogen (secondary N) is 1. The lowest BCUT2D eigenvalue weighted by molar-refractivity contribution is -0.116. The van der Waals surface area contributed by atoms with Crippen LogP contribution in [-0.4, -0.2) is 17.4 Å². The summed E-state index contributed by atoms with van der Waals surface area (Å²) >= 11 is 0. The Morgan fingerprint density at radius 1 is 1.47 bits per heavy atom. The predicted octanol–water partition coefficient (Wildman–Crippen LogP) is 2.01. The van der Waals surface area contributed by atoms with Gasteiger partial charge in [-0.15, -0.1) is 0 Å². The highest BCUT2D eigenvalue weighted by Crippen LogP contribution is 2.13. The van der Waals surface area contributed by atoms with Gasteiger partial charge in [0.25, 0.3) is 0 Å². The van der Waals surface area contributed by atoms with Gasteiger partial charge in [0.2, 0.25) is 5.91 Å². The second-order valence-corrected chi connectivity index (χ2v) is 4.51. The van der Waals surface area contributed by atoms with Gasteiger partial charge >= 0.3 is 0 Å². The Bertz CT molecular complexity index is 390. The third-order valence-electron chi connectivity index (χ3n) is 2.77. The molecular formula is C13H21N3O. The molecule has 0 saturated heterocycles. The number of rotatable bonds is 5. The number of anilines is 1. The maximum atomic E-state index is 11.7. The van der Waals surface area contributed by atoms with Gasteiger partial charge in [0.1, 0.15) is 0 Å². The van der Waals surface area contributed by atoms with Crippen molar-refractivity contribution in [2.75, 3.05) is 11.9 Å². The number of hydrogen-bond donors (Lipinski definition) is 2. The van der Waals surface area contributed by atoms with E-state index < -0.39 is 0 Å². The zero-order valence-corrected chi connectivity index (χ0v) is 10.8. The van der Waals surface area contributed by atoms with Crippen LogP contribution in [0.3, 0.4) is 0 Å². The summed E-state index contributed by atoms with van der Waals surface area (Å²) in [6, 6.07) is 3.78. The van der Waals surface area contributed by atoms with Gasteiger partial charge in [0.05, 0.1) is 11.4 Å². The summed E-state index contributed by atoms with van der Waals surface area (Å²) in [4.78, 5) is 16.0. The van der Waals surface area contributed by atoms with Crippen molar-refractivity contribution in [2.45, 2.75) is 33.6 Å². The summed E-state index contributed by atoms with van der Waals surface area (Å²) in [6.07, 6.45) is 1.33. The molecule has 0 aliphatic carbocycles. The number of hydrogen-bond acceptors (Lipinski definition) is 3. The van der Waals surface area contributed by atoms with E-state index >= 15 is 0 Å². The number of carbonyl (C=O) groups is 1. The summed E-state index contributed by atoms with van der Waals surface area (Å²) in [5.74, 6) is 0.414. The lowest BCUT2D eigenvalue weighted by atomic mass is 10.1. The summed E-state index contributed by atoms with van der Waals surface area (Å²) in [7, 11) is 0. The van der Waals surface area contributed by atoms with Crippen LogP contribution in [0.15, 0.2) is 12.1 Å². The topological polar surface area (TPSA) is 68.0 Å². The molecule has 94 valence electrons. The number of aromatic nitrogens is 1. The van der Waals surface area contributed by atoms with Crippen molar-refractivity contribution < 1.29 is 4.79 Å². The Morgan fingerprint density at radius 2 is 2.18 bits per heavy atom. The molecule has 1 heterocycles.